The fourth-order valence-electron chi connectivity index (χ4n) is 9.68. The van der Waals surface area contributed by atoms with Crippen molar-refractivity contribution in [2.45, 2.75) is 162 Å². The first-order chi connectivity index (χ1) is 37.9. The van der Waals surface area contributed by atoms with E-state index < -0.39 is 11.2 Å². The number of hydrogen-bond acceptors (Lipinski definition) is 9. The van der Waals surface area contributed by atoms with E-state index in [9.17, 15) is 24.0 Å². The summed E-state index contributed by atoms with van der Waals surface area (Å²) >= 11 is 4.97. The lowest BCUT2D eigenvalue weighted by atomic mass is 9.96. The van der Waals surface area contributed by atoms with Crippen LogP contribution < -0.4 is 15.1 Å². The number of likely N-dealkylation sites (tertiary alicyclic amines) is 3. The van der Waals surface area contributed by atoms with Gasteiger partial charge in [-0.15, -0.1) is 0 Å². The minimum absolute atomic E-state index is 0. The number of rotatable bonds is 15. The second-order valence-electron chi connectivity index (χ2n) is 24.5. The minimum atomic E-state index is -0.492. The van der Waals surface area contributed by atoms with Gasteiger partial charge >= 0.3 is 12.2 Å². The van der Waals surface area contributed by atoms with Gasteiger partial charge in [-0.05, 0) is 164 Å². The van der Waals surface area contributed by atoms with Crippen molar-refractivity contribution < 1.29 is 33.4 Å². The first-order valence-corrected chi connectivity index (χ1v) is 29.7. The number of benzene rings is 4. The average Bonchev–Trinajstić information content (AvgIpc) is 3.43. The van der Waals surface area contributed by atoms with Crippen LogP contribution in [0.5, 0.6) is 0 Å². The zero-order chi connectivity index (χ0) is 58.8. The molecule has 3 aliphatic heterocycles. The maximum Gasteiger partial charge on any atom is 0.410 e. The predicted molar refractivity (Wildman–Crippen MR) is 348 cm³/mol. The summed E-state index contributed by atoms with van der Waals surface area (Å²) in [5.41, 5.74) is 3.56. The molecule has 3 unspecified atom stereocenters. The summed E-state index contributed by atoms with van der Waals surface area (Å²) < 4.78 is 11.0. The average molecular weight is 1170 g/mol. The Balaban J connectivity index is 0.000000586. The Morgan fingerprint density at radius 2 is 0.892 bits per heavy atom. The molecular weight excluding hydrogens is 1060 g/mol. The summed E-state index contributed by atoms with van der Waals surface area (Å²) in [7, 11) is 0. The summed E-state index contributed by atoms with van der Waals surface area (Å²) in [6.07, 6.45) is 7.21. The smallest absolute Gasteiger partial charge is 0.410 e. The first-order valence-electron chi connectivity index (χ1n) is 29.3. The van der Waals surface area contributed by atoms with Crippen LogP contribution in [0, 0.1) is 35.5 Å². The van der Waals surface area contributed by atoms with Crippen LogP contribution in [0.4, 0.5) is 26.7 Å². The van der Waals surface area contributed by atoms with Crippen molar-refractivity contribution in [1.82, 2.24) is 14.7 Å². The molecular formula is C69H109ClN6O7. The van der Waals surface area contributed by atoms with Gasteiger partial charge < -0.3 is 39.3 Å². The number of carbonyl (C=O) groups is 5. The van der Waals surface area contributed by atoms with Crippen molar-refractivity contribution in [3.8, 4) is 0 Å². The maximum absolute atomic E-state index is 12.8. The van der Waals surface area contributed by atoms with Crippen LogP contribution in [-0.4, -0.2) is 121 Å². The lowest BCUT2D eigenvalue weighted by Gasteiger charge is -2.36. The molecule has 0 spiro atoms. The summed E-state index contributed by atoms with van der Waals surface area (Å²) in [6.45, 7) is 31.3. The number of nitrogens with one attached hydrogen (secondary N) is 1. The van der Waals surface area contributed by atoms with Crippen LogP contribution in [0.3, 0.4) is 0 Å². The highest BCUT2D eigenvalue weighted by molar-refractivity contribution is 6.63. The minimum Gasteiger partial charge on any atom is -0.444 e. The SMILES string of the molecule is C.C.C.CC(C)(C)OC(=O)N1CCCC(CNc2ccccc2)C1.CC(C)C(=O)Cl.CC(C)C(=O)N(CC1CCCN(C(=O)OC(C)(C)C)C1)c1ccccc1.CC(C)C(=O)N(CC1CCCN(CCc2ccccc2)C1)c1ccccc1. The van der Waals surface area contributed by atoms with E-state index in [0.29, 0.717) is 24.9 Å². The zero-order valence-electron chi connectivity index (χ0n) is 50.5. The molecule has 13 nitrogen and oxygen atoms in total. The van der Waals surface area contributed by atoms with Gasteiger partial charge in [0.2, 0.25) is 17.1 Å². The van der Waals surface area contributed by atoms with Crippen molar-refractivity contribution in [1.29, 1.82) is 0 Å². The van der Waals surface area contributed by atoms with Crippen LogP contribution >= 0.6 is 11.6 Å². The molecule has 3 aliphatic rings. The number of para-hydroxylation sites is 3. The lowest BCUT2D eigenvalue weighted by molar-refractivity contribution is -0.122. The van der Waals surface area contributed by atoms with E-state index in [-0.39, 0.29) is 75.2 Å². The van der Waals surface area contributed by atoms with Crippen molar-refractivity contribution in [2.24, 2.45) is 35.5 Å². The normalized spacial score (nSPS) is 16.9. The molecule has 83 heavy (non-hydrogen) atoms. The molecule has 4 amide bonds. The third-order valence-electron chi connectivity index (χ3n) is 13.9. The number of anilines is 3. The monoisotopic (exact) mass is 1170 g/mol. The van der Waals surface area contributed by atoms with Crippen molar-refractivity contribution in [2.75, 3.05) is 80.6 Å². The Bertz CT molecular complexity index is 2430. The number of halogens is 1. The molecule has 0 aromatic heterocycles. The Morgan fingerprint density at radius 1 is 0.530 bits per heavy atom. The molecule has 3 heterocycles. The summed E-state index contributed by atoms with van der Waals surface area (Å²) in [4.78, 5) is 70.0. The molecule has 1 N–H and O–H groups in total. The summed E-state index contributed by atoms with van der Waals surface area (Å²) in [6, 6.07) is 40.8. The highest BCUT2D eigenvalue weighted by Crippen LogP contribution is 2.27. The third-order valence-corrected chi connectivity index (χ3v) is 14.3. The van der Waals surface area contributed by atoms with Crippen molar-refractivity contribution >= 4 is 57.9 Å². The fraction of sp³-hybridized carbons (Fsp3) is 0.580. The van der Waals surface area contributed by atoms with E-state index in [1.54, 1.807) is 18.7 Å². The topological polar surface area (TPSA) is 132 Å². The van der Waals surface area contributed by atoms with Gasteiger partial charge in [-0.3, -0.25) is 14.4 Å². The number of nitrogens with zero attached hydrogens (tertiary/aromatic N) is 5. The van der Waals surface area contributed by atoms with Crippen LogP contribution in [0.2, 0.25) is 0 Å². The van der Waals surface area contributed by atoms with Gasteiger partial charge in [-0.2, -0.15) is 0 Å². The Labute approximate surface area is 508 Å². The number of ether oxygens (including phenoxy) is 2. The molecule has 3 fully saturated rings. The highest BCUT2D eigenvalue weighted by Gasteiger charge is 2.32. The summed E-state index contributed by atoms with van der Waals surface area (Å²) in [5.74, 6) is 1.53. The third kappa shape index (κ3) is 29.0. The van der Waals surface area contributed by atoms with Gasteiger partial charge in [0.1, 0.15) is 11.2 Å². The largest absolute Gasteiger partial charge is 0.444 e. The zero-order valence-corrected chi connectivity index (χ0v) is 51.3. The van der Waals surface area contributed by atoms with Crippen molar-refractivity contribution in [3.63, 3.8) is 0 Å². The predicted octanol–water partition coefficient (Wildman–Crippen LogP) is 16.0. The standard InChI is InChI=1S/C24H32N2O.C21H32N2O3.C17H26N2O2.C4H7ClO.3CH4/c1-20(2)24(27)26(23-13-7-4-8-14-23)19-22-12-9-16-25(18-22)17-15-21-10-5-3-6-11-21;1-16(2)19(24)23(18-11-7-6-8-12-18)15-17-10-9-13-22(14-17)20(25)26-21(3,4)5;1-17(2,3)21-16(20)19-11-7-8-14(13-19)12-18-15-9-5-4-6-10-15;1-3(2)4(5)6;;;/h3-8,10-11,13-14,20,22H,9,12,15-19H2,1-2H3;6-8,11-12,16-17H,9-10,13-15H2,1-5H3;4-6,9-10,14,18H,7-8,11-13H2,1-3H3;3H,1-2H3;3*1H4. The molecule has 0 aliphatic carbocycles. The van der Waals surface area contributed by atoms with Gasteiger partial charge in [0.05, 0.1) is 0 Å². The second kappa shape index (κ2) is 38.1. The number of carbonyl (C=O) groups excluding carboxylic acids is 5. The number of piperidine rings is 3. The molecule has 0 saturated carbocycles. The van der Waals surface area contributed by atoms with E-state index >= 15 is 0 Å². The molecule has 464 valence electrons. The maximum atomic E-state index is 12.8. The van der Waals surface area contributed by atoms with Gasteiger partial charge in [0.25, 0.3) is 0 Å². The van der Waals surface area contributed by atoms with Gasteiger partial charge in [0, 0.05) is 93.7 Å². The Kier molecular flexibility index (Phi) is 34.5. The molecule has 14 heteroatoms. The highest BCUT2D eigenvalue weighted by atomic mass is 35.5. The molecule has 3 saturated heterocycles. The van der Waals surface area contributed by atoms with Crippen LogP contribution in [0.1, 0.15) is 149 Å². The first kappa shape index (κ1) is 75.1. The molecule has 3 atom stereocenters. The Morgan fingerprint density at radius 3 is 1.29 bits per heavy atom. The molecule has 7 rings (SSSR count). The Hall–Kier alpha value is -5.92. The van der Waals surface area contributed by atoms with Gasteiger partial charge in [-0.1, -0.05) is 149 Å². The van der Waals surface area contributed by atoms with E-state index in [2.05, 4.69) is 64.8 Å². The van der Waals surface area contributed by atoms with E-state index in [4.69, 9.17) is 21.1 Å². The fourth-order valence-corrected chi connectivity index (χ4v) is 9.68. The van der Waals surface area contributed by atoms with E-state index in [0.717, 1.165) is 95.0 Å². The van der Waals surface area contributed by atoms with Crippen LogP contribution in [0.25, 0.3) is 0 Å². The molecule has 4 aromatic carbocycles. The van der Waals surface area contributed by atoms with Crippen LogP contribution in [-0.2, 0) is 30.3 Å². The van der Waals surface area contributed by atoms with E-state index in [1.165, 1.54) is 24.9 Å². The summed E-state index contributed by atoms with van der Waals surface area (Å²) in [5, 5.41) is 3.17. The van der Waals surface area contributed by atoms with Crippen LogP contribution in [0.15, 0.2) is 121 Å². The van der Waals surface area contributed by atoms with E-state index in [1.807, 2.05) is 151 Å². The quantitative estimate of drug-likeness (QED) is 0.116. The molecule has 0 bridgehead atoms. The van der Waals surface area contributed by atoms with Crippen molar-refractivity contribution in [3.05, 3.63) is 127 Å². The second-order valence-corrected chi connectivity index (χ2v) is 24.9. The van der Waals surface area contributed by atoms with Gasteiger partial charge in [-0.25, -0.2) is 9.59 Å². The number of hydrogen-bond donors (Lipinski definition) is 1. The lowest BCUT2D eigenvalue weighted by Crippen LogP contribution is -2.47. The number of amides is 4. The molecule has 4 aromatic rings. The van der Waals surface area contributed by atoms with Gasteiger partial charge in [0.15, 0.2) is 0 Å². The molecule has 0 radical (unpaired) electrons.